The van der Waals surface area contributed by atoms with Gasteiger partial charge in [-0.05, 0) is 31.5 Å². The quantitative estimate of drug-likeness (QED) is 0.880. The number of benzene rings is 1. The second-order valence-electron chi connectivity index (χ2n) is 4.21. The van der Waals surface area contributed by atoms with Crippen molar-refractivity contribution in [2.75, 3.05) is 11.4 Å². The number of aromatic nitrogens is 1. The molecule has 18 heavy (non-hydrogen) atoms. The lowest BCUT2D eigenvalue weighted by Gasteiger charge is -2.21. The molecule has 2 rings (SSSR count). The van der Waals surface area contributed by atoms with Crippen molar-refractivity contribution in [3.63, 3.8) is 0 Å². The Labute approximate surface area is 107 Å². The van der Waals surface area contributed by atoms with Crippen molar-refractivity contribution < 1.29 is 9.52 Å². The molecule has 1 aromatic heterocycles. The number of aliphatic hydroxyl groups excluding tert-OH is 1. The molecule has 0 unspecified atom stereocenters. The first-order valence-electron chi connectivity index (χ1n) is 6.09. The van der Waals surface area contributed by atoms with E-state index in [2.05, 4.69) is 16.8 Å². The van der Waals surface area contributed by atoms with Crippen LogP contribution in [0, 0.1) is 6.92 Å². The van der Waals surface area contributed by atoms with Crippen LogP contribution in [0.15, 0.2) is 34.9 Å². The van der Waals surface area contributed by atoms with Crippen LogP contribution in [0.1, 0.15) is 24.1 Å². The predicted molar refractivity (Wildman–Crippen MR) is 70.3 cm³/mol. The normalized spacial score (nSPS) is 10.6. The van der Waals surface area contributed by atoms with E-state index in [1.54, 1.807) is 6.20 Å². The van der Waals surface area contributed by atoms with Crippen molar-refractivity contribution in [3.05, 3.63) is 47.7 Å². The topological polar surface area (TPSA) is 49.5 Å². The average Bonchev–Trinajstić information content (AvgIpc) is 2.81. The number of anilines is 1. The zero-order chi connectivity index (χ0) is 13.0. The van der Waals surface area contributed by atoms with Gasteiger partial charge in [0.1, 0.15) is 5.76 Å². The van der Waals surface area contributed by atoms with Crippen LogP contribution < -0.4 is 4.90 Å². The first-order valence-corrected chi connectivity index (χ1v) is 6.09. The number of nitrogens with zero attached hydrogens (tertiary/aromatic N) is 2. The van der Waals surface area contributed by atoms with E-state index in [9.17, 15) is 0 Å². The molecule has 1 N–H and O–H groups in total. The highest BCUT2D eigenvalue weighted by Crippen LogP contribution is 2.18. The second-order valence-corrected chi connectivity index (χ2v) is 4.21. The zero-order valence-corrected chi connectivity index (χ0v) is 10.8. The van der Waals surface area contributed by atoms with Gasteiger partial charge in [-0.25, -0.2) is 4.98 Å². The minimum Gasteiger partial charge on any atom is -0.444 e. The summed E-state index contributed by atoms with van der Waals surface area (Å²) in [4.78, 5) is 6.37. The van der Waals surface area contributed by atoms with E-state index >= 15 is 0 Å². The van der Waals surface area contributed by atoms with Gasteiger partial charge in [-0.2, -0.15) is 0 Å². The summed E-state index contributed by atoms with van der Waals surface area (Å²) in [7, 11) is 0. The van der Waals surface area contributed by atoms with Gasteiger partial charge in [0.15, 0.2) is 0 Å². The van der Waals surface area contributed by atoms with Crippen LogP contribution >= 0.6 is 0 Å². The summed E-state index contributed by atoms with van der Waals surface area (Å²) in [6, 6.07) is 7.87. The molecule has 0 atom stereocenters. The van der Waals surface area contributed by atoms with Crippen LogP contribution in [0.25, 0.3) is 0 Å². The van der Waals surface area contributed by atoms with E-state index in [4.69, 9.17) is 9.52 Å². The maximum absolute atomic E-state index is 9.16. The van der Waals surface area contributed by atoms with Crippen LogP contribution in [-0.4, -0.2) is 16.6 Å². The van der Waals surface area contributed by atoms with E-state index in [1.807, 2.05) is 31.2 Å². The number of oxazole rings is 1. The molecule has 1 heterocycles. The van der Waals surface area contributed by atoms with Crippen LogP contribution in [0.4, 0.5) is 5.69 Å². The van der Waals surface area contributed by atoms with Crippen molar-refractivity contribution in [2.45, 2.75) is 27.0 Å². The third-order valence-corrected chi connectivity index (χ3v) is 2.84. The Kier molecular flexibility index (Phi) is 3.99. The summed E-state index contributed by atoms with van der Waals surface area (Å²) >= 11 is 0. The van der Waals surface area contributed by atoms with E-state index in [1.165, 1.54) is 0 Å². The maximum Gasteiger partial charge on any atom is 0.213 e. The molecule has 1 aromatic carbocycles. The lowest BCUT2D eigenvalue weighted by atomic mass is 10.2. The molecule has 0 radical (unpaired) electrons. The van der Waals surface area contributed by atoms with E-state index < -0.39 is 0 Å². The maximum atomic E-state index is 9.16. The number of aliphatic hydroxyl groups is 1. The van der Waals surface area contributed by atoms with Crippen molar-refractivity contribution in [2.24, 2.45) is 0 Å². The van der Waals surface area contributed by atoms with Gasteiger partial charge in [0.25, 0.3) is 0 Å². The molecule has 0 aliphatic heterocycles. The average molecular weight is 246 g/mol. The Bertz CT molecular complexity index is 508. The van der Waals surface area contributed by atoms with Gasteiger partial charge in [0, 0.05) is 12.2 Å². The molecule has 0 amide bonds. The van der Waals surface area contributed by atoms with Gasteiger partial charge < -0.3 is 14.4 Å². The fraction of sp³-hybridized carbons (Fsp3) is 0.357. The van der Waals surface area contributed by atoms with E-state index in [-0.39, 0.29) is 6.61 Å². The molecule has 2 aromatic rings. The van der Waals surface area contributed by atoms with Crippen molar-refractivity contribution in [3.8, 4) is 0 Å². The summed E-state index contributed by atoms with van der Waals surface area (Å²) in [6.07, 6.45) is 1.73. The second kappa shape index (κ2) is 5.69. The number of hydrogen-bond acceptors (Lipinski definition) is 4. The largest absolute Gasteiger partial charge is 0.444 e. The van der Waals surface area contributed by atoms with Crippen molar-refractivity contribution in [1.29, 1.82) is 0 Å². The highest BCUT2D eigenvalue weighted by Gasteiger charge is 2.09. The van der Waals surface area contributed by atoms with Gasteiger partial charge in [0.05, 0.1) is 19.3 Å². The van der Waals surface area contributed by atoms with Gasteiger partial charge in [-0.3, -0.25) is 0 Å². The summed E-state index contributed by atoms with van der Waals surface area (Å²) in [5.74, 6) is 1.54. The first kappa shape index (κ1) is 12.6. The number of aryl methyl sites for hydroxylation is 1. The molecular weight excluding hydrogens is 228 g/mol. The smallest absolute Gasteiger partial charge is 0.213 e. The van der Waals surface area contributed by atoms with E-state index in [0.29, 0.717) is 12.4 Å². The Morgan fingerprint density at radius 1 is 1.39 bits per heavy atom. The predicted octanol–water partition coefficient (Wildman–Crippen LogP) is 2.50. The fourth-order valence-electron chi connectivity index (χ4n) is 1.87. The molecule has 4 nitrogen and oxygen atoms in total. The Morgan fingerprint density at radius 3 is 2.83 bits per heavy atom. The standard InChI is InChI=1S/C14H18N2O2/c1-3-16(9-14-15-8-11(2)18-14)13-6-4-5-12(7-13)10-17/h4-8,17H,3,9-10H2,1-2H3. The summed E-state index contributed by atoms with van der Waals surface area (Å²) in [5.41, 5.74) is 1.98. The van der Waals surface area contributed by atoms with Gasteiger partial charge in [0.2, 0.25) is 5.89 Å². The lowest BCUT2D eigenvalue weighted by molar-refractivity contribution is 0.282. The Hall–Kier alpha value is -1.81. The van der Waals surface area contributed by atoms with Crippen LogP contribution in [0.5, 0.6) is 0 Å². The van der Waals surface area contributed by atoms with Gasteiger partial charge >= 0.3 is 0 Å². The monoisotopic (exact) mass is 246 g/mol. The molecule has 0 aliphatic rings. The lowest BCUT2D eigenvalue weighted by Crippen LogP contribution is -2.22. The van der Waals surface area contributed by atoms with Crippen LogP contribution in [0.3, 0.4) is 0 Å². The SMILES string of the molecule is CCN(Cc1ncc(C)o1)c1cccc(CO)c1. The van der Waals surface area contributed by atoms with Gasteiger partial charge in [-0.1, -0.05) is 12.1 Å². The Balaban J connectivity index is 2.17. The Morgan fingerprint density at radius 2 is 2.22 bits per heavy atom. The fourth-order valence-corrected chi connectivity index (χ4v) is 1.87. The molecule has 0 aliphatic carbocycles. The highest BCUT2D eigenvalue weighted by molar-refractivity contribution is 5.48. The third-order valence-electron chi connectivity index (χ3n) is 2.84. The van der Waals surface area contributed by atoms with Crippen LogP contribution in [0.2, 0.25) is 0 Å². The summed E-state index contributed by atoms with van der Waals surface area (Å²) < 4.78 is 5.49. The molecule has 0 bridgehead atoms. The number of hydrogen-bond donors (Lipinski definition) is 1. The van der Waals surface area contributed by atoms with Crippen LogP contribution in [-0.2, 0) is 13.2 Å². The highest BCUT2D eigenvalue weighted by atomic mass is 16.4. The molecule has 0 saturated carbocycles. The zero-order valence-electron chi connectivity index (χ0n) is 10.8. The van der Waals surface area contributed by atoms with Crippen molar-refractivity contribution in [1.82, 2.24) is 4.98 Å². The molecule has 4 heteroatoms. The summed E-state index contributed by atoms with van der Waals surface area (Å²) in [5, 5.41) is 9.16. The van der Waals surface area contributed by atoms with Gasteiger partial charge in [-0.15, -0.1) is 0 Å². The molecular formula is C14H18N2O2. The molecule has 0 saturated heterocycles. The molecule has 0 spiro atoms. The van der Waals surface area contributed by atoms with Crippen molar-refractivity contribution >= 4 is 5.69 Å². The molecule has 96 valence electrons. The molecule has 0 fully saturated rings. The minimum atomic E-state index is 0.0590. The number of rotatable bonds is 5. The minimum absolute atomic E-state index is 0.0590. The first-order chi connectivity index (χ1) is 8.72. The summed E-state index contributed by atoms with van der Waals surface area (Å²) in [6.45, 7) is 5.53. The third kappa shape index (κ3) is 2.90. The van der Waals surface area contributed by atoms with E-state index in [0.717, 1.165) is 23.6 Å².